The Morgan fingerprint density at radius 2 is 1.67 bits per heavy atom. The Morgan fingerprint density at radius 1 is 1.03 bits per heavy atom. The van der Waals surface area contributed by atoms with Crippen molar-refractivity contribution in [3.63, 3.8) is 0 Å². The zero-order valence-corrected chi connectivity index (χ0v) is 16.8. The van der Waals surface area contributed by atoms with Gasteiger partial charge in [-0.05, 0) is 44.5 Å². The first-order chi connectivity index (χ1) is 14.3. The smallest absolute Gasteiger partial charge is 0.259 e. The number of benzene rings is 2. The molecule has 0 aliphatic carbocycles. The van der Waals surface area contributed by atoms with Gasteiger partial charge in [0, 0.05) is 29.4 Å². The first-order valence-electron chi connectivity index (χ1n) is 9.30. The Kier molecular flexibility index (Phi) is 6.15. The summed E-state index contributed by atoms with van der Waals surface area (Å²) < 4.78 is 40.3. The van der Waals surface area contributed by atoms with Gasteiger partial charge < -0.3 is 20.5 Å². The van der Waals surface area contributed by atoms with Crippen LogP contribution in [0.25, 0.3) is 0 Å². The predicted molar refractivity (Wildman–Crippen MR) is 112 cm³/mol. The Labute approximate surface area is 173 Å². The number of nitrogens with one attached hydrogen (secondary N) is 2. The largest absolute Gasteiger partial charge is 0.436 e. The van der Waals surface area contributed by atoms with Gasteiger partial charge in [-0.3, -0.25) is 5.41 Å². The van der Waals surface area contributed by atoms with Gasteiger partial charge in [0.15, 0.2) is 11.6 Å². The molecule has 4 N–H and O–H groups in total. The third-order valence-corrected chi connectivity index (χ3v) is 4.39. The lowest BCUT2D eigenvalue weighted by Gasteiger charge is -2.14. The lowest BCUT2D eigenvalue weighted by Crippen LogP contribution is -2.10. The first-order valence-corrected chi connectivity index (χ1v) is 9.30. The summed E-state index contributed by atoms with van der Waals surface area (Å²) in [4.78, 5) is 3.90. The number of pyridine rings is 1. The van der Waals surface area contributed by atoms with Crippen LogP contribution in [0.4, 0.5) is 14.5 Å². The molecule has 0 saturated carbocycles. The zero-order chi connectivity index (χ0) is 21.8. The summed E-state index contributed by atoms with van der Waals surface area (Å²) in [5.74, 6) is -2.31. The Hall–Kier alpha value is -3.68. The van der Waals surface area contributed by atoms with Crippen molar-refractivity contribution in [2.75, 3.05) is 11.9 Å². The molecule has 3 aromatic rings. The van der Waals surface area contributed by atoms with Gasteiger partial charge in [0.1, 0.15) is 17.3 Å². The maximum absolute atomic E-state index is 14.6. The molecule has 2 aromatic carbocycles. The molecule has 8 heteroatoms. The van der Waals surface area contributed by atoms with E-state index in [1.165, 1.54) is 13.0 Å². The van der Waals surface area contributed by atoms with Crippen molar-refractivity contribution < 1.29 is 18.3 Å². The SMILES string of the molecule is CCNc1cc(Oc2nc(Oc3cccc(C(=N)N)c3)c(F)c(C)c2F)ccc1C. The van der Waals surface area contributed by atoms with Crippen LogP contribution in [0.15, 0.2) is 42.5 Å². The molecule has 3 rings (SSSR count). The van der Waals surface area contributed by atoms with Crippen molar-refractivity contribution in [2.45, 2.75) is 20.8 Å². The van der Waals surface area contributed by atoms with Crippen LogP contribution in [-0.4, -0.2) is 17.4 Å². The maximum atomic E-state index is 14.6. The van der Waals surface area contributed by atoms with E-state index in [0.29, 0.717) is 17.9 Å². The second-order valence-corrected chi connectivity index (χ2v) is 6.63. The van der Waals surface area contributed by atoms with E-state index in [2.05, 4.69) is 10.3 Å². The minimum Gasteiger partial charge on any atom is -0.436 e. The van der Waals surface area contributed by atoms with Crippen molar-refractivity contribution in [3.05, 3.63) is 70.8 Å². The van der Waals surface area contributed by atoms with E-state index >= 15 is 0 Å². The number of rotatable bonds is 7. The van der Waals surface area contributed by atoms with Crippen LogP contribution in [0.5, 0.6) is 23.3 Å². The molecule has 0 amide bonds. The van der Waals surface area contributed by atoms with Gasteiger partial charge in [0.25, 0.3) is 11.8 Å². The van der Waals surface area contributed by atoms with Crippen LogP contribution >= 0.6 is 0 Å². The molecule has 0 saturated heterocycles. The van der Waals surface area contributed by atoms with Crippen molar-refractivity contribution >= 4 is 11.5 Å². The fraction of sp³-hybridized carbons (Fsp3) is 0.182. The molecule has 0 aliphatic heterocycles. The third kappa shape index (κ3) is 4.48. The second-order valence-electron chi connectivity index (χ2n) is 6.63. The molecule has 6 nitrogen and oxygen atoms in total. The monoisotopic (exact) mass is 412 g/mol. The lowest BCUT2D eigenvalue weighted by atomic mass is 10.2. The normalized spacial score (nSPS) is 10.6. The highest BCUT2D eigenvalue weighted by molar-refractivity contribution is 5.95. The maximum Gasteiger partial charge on any atom is 0.259 e. The molecular weight excluding hydrogens is 390 g/mol. The van der Waals surface area contributed by atoms with E-state index in [1.807, 2.05) is 19.9 Å². The van der Waals surface area contributed by atoms with Gasteiger partial charge >= 0.3 is 0 Å². The number of nitrogen functional groups attached to an aromatic ring is 1. The predicted octanol–water partition coefficient (Wildman–Crippen LogP) is 5.28. The van der Waals surface area contributed by atoms with Gasteiger partial charge in [-0.25, -0.2) is 8.78 Å². The van der Waals surface area contributed by atoms with Crippen LogP contribution in [0.3, 0.4) is 0 Å². The molecule has 0 radical (unpaired) electrons. The Bertz CT molecular complexity index is 1100. The van der Waals surface area contributed by atoms with E-state index in [0.717, 1.165) is 11.3 Å². The number of nitrogens with two attached hydrogens (primary N) is 1. The molecule has 0 spiro atoms. The standard InChI is InChI=1S/C22H22F2N4O2/c1-4-27-17-11-16(9-8-12(17)2)30-22-19(24)13(3)18(23)21(28-22)29-15-7-5-6-14(10-15)20(25)26/h5-11,27H,4H2,1-3H3,(H3,25,26). The van der Waals surface area contributed by atoms with Crippen LogP contribution in [0, 0.1) is 30.9 Å². The zero-order valence-electron chi connectivity index (χ0n) is 16.8. The van der Waals surface area contributed by atoms with Crippen molar-refractivity contribution in [3.8, 4) is 23.3 Å². The number of ether oxygens (including phenoxy) is 2. The van der Waals surface area contributed by atoms with E-state index in [1.54, 1.807) is 30.3 Å². The molecule has 0 unspecified atom stereocenters. The first kappa shape index (κ1) is 21.0. The molecule has 0 fully saturated rings. The van der Waals surface area contributed by atoms with Crippen molar-refractivity contribution in [2.24, 2.45) is 5.73 Å². The second kappa shape index (κ2) is 8.77. The lowest BCUT2D eigenvalue weighted by molar-refractivity contribution is 0.373. The molecule has 1 heterocycles. The summed E-state index contributed by atoms with van der Waals surface area (Å²) in [5, 5.41) is 10.7. The molecule has 156 valence electrons. The van der Waals surface area contributed by atoms with Crippen molar-refractivity contribution in [1.82, 2.24) is 4.98 Å². The van der Waals surface area contributed by atoms with Gasteiger partial charge in [0.2, 0.25) is 0 Å². The van der Waals surface area contributed by atoms with E-state index in [4.69, 9.17) is 20.6 Å². The number of amidine groups is 1. The number of aryl methyl sites for hydroxylation is 1. The van der Waals surface area contributed by atoms with Gasteiger partial charge in [-0.15, -0.1) is 0 Å². The fourth-order valence-electron chi connectivity index (χ4n) is 2.74. The third-order valence-electron chi connectivity index (χ3n) is 4.39. The summed E-state index contributed by atoms with van der Waals surface area (Å²) in [6.45, 7) is 5.88. The Morgan fingerprint density at radius 3 is 2.27 bits per heavy atom. The molecule has 1 aromatic heterocycles. The summed E-state index contributed by atoms with van der Waals surface area (Å²) in [5.41, 5.74) is 7.43. The molecule has 30 heavy (non-hydrogen) atoms. The number of aromatic nitrogens is 1. The van der Waals surface area contributed by atoms with Crippen LogP contribution < -0.4 is 20.5 Å². The summed E-state index contributed by atoms with van der Waals surface area (Å²) in [6, 6.07) is 11.4. The summed E-state index contributed by atoms with van der Waals surface area (Å²) in [6.07, 6.45) is 0. The highest BCUT2D eigenvalue weighted by atomic mass is 19.1. The van der Waals surface area contributed by atoms with Gasteiger partial charge in [-0.1, -0.05) is 18.2 Å². The highest BCUT2D eigenvalue weighted by Crippen LogP contribution is 2.33. The molecule has 0 aliphatic rings. The van der Waals surface area contributed by atoms with E-state index in [-0.39, 0.29) is 17.1 Å². The molecular formula is C22H22F2N4O2. The number of hydrogen-bond acceptors (Lipinski definition) is 5. The quantitative estimate of drug-likeness (QED) is 0.363. The van der Waals surface area contributed by atoms with Crippen LogP contribution in [0.1, 0.15) is 23.6 Å². The number of hydrogen-bond donors (Lipinski definition) is 3. The van der Waals surface area contributed by atoms with E-state index in [9.17, 15) is 8.78 Å². The highest BCUT2D eigenvalue weighted by Gasteiger charge is 2.21. The van der Waals surface area contributed by atoms with Crippen LogP contribution in [-0.2, 0) is 0 Å². The minimum absolute atomic E-state index is 0.163. The summed E-state index contributed by atoms with van der Waals surface area (Å²) in [7, 11) is 0. The minimum atomic E-state index is -0.940. The number of anilines is 1. The van der Waals surface area contributed by atoms with Crippen molar-refractivity contribution in [1.29, 1.82) is 5.41 Å². The molecule has 0 atom stereocenters. The fourth-order valence-corrected chi connectivity index (χ4v) is 2.74. The summed E-state index contributed by atoms with van der Waals surface area (Å²) >= 11 is 0. The topological polar surface area (TPSA) is 93.2 Å². The number of halogens is 2. The number of nitrogens with zero attached hydrogens (tertiary/aromatic N) is 1. The van der Waals surface area contributed by atoms with Gasteiger partial charge in [-0.2, -0.15) is 4.98 Å². The Balaban J connectivity index is 1.95. The van der Waals surface area contributed by atoms with Gasteiger partial charge in [0.05, 0.1) is 0 Å². The average molecular weight is 412 g/mol. The molecule has 0 bridgehead atoms. The van der Waals surface area contributed by atoms with E-state index < -0.39 is 23.4 Å². The average Bonchev–Trinajstić information content (AvgIpc) is 2.72. The van der Waals surface area contributed by atoms with Crippen LogP contribution in [0.2, 0.25) is 0 Å².